The van der Waals surface area contributed by atoms with Gasteiger partial charge in [0.25, 0.3) is 0 Å². The molecule has 0 bridgehead atoms. The standard InChI is InChI=1S/C14H16OS3/c1-2-10-3-4-12(17-10)14(15)13-7-9-8-16-6-5-11(9)18-13/h3-4,7,14-15H,2,5-6,8H2,1H3. The summed E-state index contributed by atoms with van der Waals surface area (Å²) in [4.78, 5) is 5.03. The van der Waals surface area contributed by atoms with E-state index in [9.17, 15) is 5.11 Å². The molecule has 18 heavy (non-hydrogen) atoms. The van der Waals surface area contributed by atoms with E-state index >= 15 is 0 Å². The lowest BCUT2D eigenvalue weighted by atomic mass is 10.2. The molecule has 4 heteroatoms. The molecule has 1 N–H and O–H groups in total. The lowest BCUT2D eigenvalue weighted by Crippen LogP contribution is -1.96. The number of aryl methyl sites for hydroxylation is 2. The van der Waals surface area contributed by atoms with Gasteiger partial charge < -0.3 is 5.11 Å². The van der Waals surface area contributed by atoms with Crippen molar-refractivity contribution < 1.29 is 5.11 Å². The molecule has 0 aromatic carbocycles. The lowest BCUT2D eigenvalue weighted by molar-refractivity contribution is 0.228. The molecular weight excluding hydrogens is 280 g/mol. The normalized spacial score (nSPS) is 16.6. The highest BCUT2D eigenvalue weighted by Gasteiger charge is 2.20. The first-order chi connectivity index (χ1) is 8.78. The van der Waals surface area contributed by atoms with Crippen LogP contribution in [-0.2, 0) is 18.6 Å². The van der Waals surface area contributed by atoms with Gasteiger partial charge in [-0.1, -0.05) is 6.92 Å². The summed E-state index contributed by atoms with van der Waals surface area (Å²) < 4.78 is 0. The molecule has 1 nitrogen and oxygen atoms in total. The van der Waals surface area contributed by atoms with Gasteiger partial charge >= 0.3 is 0 Å². The van der Waals surface area contributed by atoms with Gasteiger partial charge in [-0.2, -0.15) is 11.8 Å². The molecule has 96 valence electrons. The molecule has 2 aromatic heterocycles. The summed E-state index contributed by atoms with van der Waals surface area (Å²) in [5, 5.41) is 10.5. The third kappa shape index (κ3) is 2.39. The topological polar surface area (TPSA) is 20.2 Å². The van der Waals surface area contributed by atoms with Gasteiger partial charge in [0.15, 0.2) is 0 Å². The molecule has 2 aromatic rings. The van der Waals surface area contributed by atoms with E-state index in [1.54, 1.807) is 22.7 Å². The average molecular weight is 296 g/mol. The minimum Gasteiger partial charge on any atom is -0.382 e. The van der Waals surface area contributed by atoms with Crippen molar-refractivity contribution >= 4 is 34.4 Å². The van der Waals surface area contributed by atoms with Crippen molar-refractivity contribution in [2.45, 2.75) is 31.6 Å². The number of rotatable bonds is 3. The Kier molecular flexibility index (Phi) is 3.80. The highest BCUT2D eigenvalue weighted by atomic mass is 32.2. The number of hydrogen-bond donors (Lipinski definition) is 1. The van der Waals surface area contributed by atoms with Gasteiger partial charge in [0.2, 0.25) is 0 Å². The SMILES string of the molecule is CCc1ccc(C(O)c2cc3c(s2)CCSC3)s1. The third-order valence-corrected chi connectivity index (χ3v) is 6.80. The summed E-state index contributed by atoms with van der Waals surface area (Å²) in [6.07, 6.45) is 1.80. The quantitative estimate of drug-likeness (QED) is 0.914. The van der Waals surface area contributed by atoms with Crippen molar-refractivity contribution in [2.24, 2.45) is 0 Å². The summed E-state index contributed by atoms with van der Waals surface area (Å²) in [5.41, 5.74) is 1.44. The van der Waals surface area contributed by atoms with Crippen molar-refractivity contribution in [3.8, 4) is 0 Å². The molecule has 0 saturated carbocycles. The van der Waals surface area contributed by atoms with Crippen molar-refractivity contribution in [2.75, 3.05) is 5.75 Å². The van der Waals surface area contributed by atoms with Gasteiger partial charge in [0.1, 0.15) is 6.10 Å². The van der Waals surface area contributed by atoms with E-state index in [-0.39, 0.29) is 0 Å². The Balaban J connectivity index is 1.87. The first-order valence-corrected chi connectivity index (χ1v) is 9.02. The van der Waals surface area contributed by atoms with Crippen LogP contribution in [0.3, 0.4) is 0 Å². The summed E-state index contributed by atoms with van der Waals surface area (Å²) in [6, 6.07) is 6.41. The molecule has 0 spiro atoms. The summed E-state index contributed by atoms with van der Waals surface area (Å²) in [7, 11) is 0. The van der Waals surface area contributed by atoms with Gasteiger partial charge in [0.05, 0.1) is 0 Å². The Morgan fingerprint density at radius 3 is 2.89 bits per heavy atom. The molecule has 1 aliphatic heterocycles. The van der Waals surface area contributed by atoms with Crippen LogP contribution < -0.4 is 0 Å². The summed E-state index contributed by atoms with van der Waals surface area (Å²) in [5.74, 6) is 2.34. The zero-order valence-electron chi connectivity index (χ0n) is 10.3. The van der Waals surface area contributed by atoms with Gasteiger partial charge in [-0.3, -0.25) is 0 Å². The summed E-state index contributed by atoms with van der Waals surface area (Å²) in [6.45, 7) is 2.16. The second-order valence-electron chi connectivity index (χ2n) is 4.46. The number of fused-ring (bicyclic) bond motifs is 1. The fourth-order valence-corrected chi connectivity index (χ4v) is 5.59. The van der Waals surface area contributed by atoms with E-state index in [1.807, 2.05) is 11.8 Å². The Morgan fingerprint density at radius 2 is 2.17 bits per heavy atom. The smallest absolute Gasteiger partial charge is 0.122 e. The van der Waals surface area contributed by atoms with E-state index in [0.29, 0.717) is 0 Å². The lowest BCUT2D eigenvalue weighted by Gasteiger charge is -2.08. The molecule has 0 fully saturated rings. The number of thiophene rings is 2. The van der Waals surface area contributed by atoms with E-state index in [0.717, 1.165) is 21.9 Å². The van der Waals surface area contributed by atoms with Crippen LogP contribution in [0.2, 0.25) is 0 Å². The molecular formula is C14H16OS3. The molecule has 1 aliphatic rings. The molecule has 3 heterocycles. The maximum Gasteiger partial charge on any atom is 0.122 e. The number of aliphatic hydroxyl groups is 1. The zero-order chi connectivity index (χ0) is 12.5. The number of aliphatic hydroxyl groups excluding tert-OH is 1. The van der Waals surface area contributed by atoms with Crippen molar-refractivity contribution in [1.82, 2.24) is 0 Å². The van der Waals surface area contributed by atoms with Crippen molar-refractivity contribution in [1.29, 1.82) is 0 Å². The van der Waals surface area contributed by atoms with Crippen LogP contribution in [0.4, 0.5) is 0 Å². The van der Waals surface area contributed by atoms with Gasteiger partial charge in [0, 0.05) is 25.3 Å². The minimum absolute atomic E-state index is 0.420. The van der Waals surface area contributed by atoms with Crippen LogP contribution in [-0.4, -0.2) is 10.9 Å². The van der Waals surface area contributed by atoms with Crippen LogP contribution in [0.5, 0.6) is 0 Å². The fraction of sp³-hybridized carbons (Fsp3) is 0.429. The highest BCUT2D eigenvalue weighted by Crippen LogP contribution is 2.38. The second-order valence-corrected chi connectivity index (χ2v) is 7.93. The summed E-state index contributed by atoms with van der Waals surface area (Å²) >= 11 is 5.53. The number of thioether (sulfide) groups is 1. The van der Waals surface area contributed by atoms with E-state index in [1.165, 1.54) is 27.5 Å². The second kappa shape index (κ2) is 5.37. The minimum atomic E-state index is -0.420. The van der Waals surface area contributed by atoms with Crippen molar-refractivity contribution in [3.63, 3.8) is 0 Å². The van der Waals surface area contributed by atoms with Crippen molar-refractivity contribution in [3.05, 3.63) is 43.3 Å². The maximum absolute atomic E-state index is 10.5. The average Bonchev–Trinajstić information content (AvgIpc) is 3.04. The Hall–Kier alpha value is -0.290. The predicted molar refractivity (Wildman–Crippen MR) is 81.9 cm³/mol. The zero-order valence-corrected chi connectivity index (χ0v) is 12.8. The monoisotopic (exact) mass is 296 g/mol. The first-order valence-electron chi connectivity index (χ1n) is 6.24. The van der Waals surface area contributed by atoms with E-state index < -0.39 is 6.10 Å². The molecule has 1 atom stereocenters. The highest BCUT2D eigenvalue weighted by molar-refractivity contribution is 7.98. The van der Waals surface area contributed by atoms with Gasteiger partial charge in [-0.05, 0) is 42.4 Å². The van der Waals surface area contributed by atoms with Crippen LogP contribution in [0, 0.1) is 0 Å². The Bertz CT molecular complexity index is 517. The third-order valence-electron chi connectivity index (χ3n) is 3.22. The predicted octanol–water partition coefficient (Wildman–Crippen LogP) is 4.24. The van der Waals surface area contributed by atoms with E-state index in [2.05, 4.69) is 25.1 Å². The van der Waals surface area contributed by atoms with Crippen LogP contribution in [0.15, 0.2) is 18.2 Å². The first kappa shape index (κ1) is 12.7. The van der Waals surface area contributed by atoms with Gasteiger partial charge in [-0.15, -0.1) is 22.7 Å². The molecule has 0 radical (unpaired) electrons. The maximum atomic E-state index is 10.5. The Morgan fingerprint density at radius 1 is 1.28 bits per heavy atom. The van der Waals surface area contributed by atoms with Crippen LogP contribution >= 0.6 is 34.4 Å². The van der Waals surface area contributed by atoms with Gasteiger partial charge in [-0.25, -0.2) is 0 Å². The largest absolute Gasteiger partial charge is 0.382 e. The molecule has 3 rings (SSSR count). The van der Waals surface area contributed by atoms with Crippen LogP contribution in [0.1, 0.15) is 38.1 Å². The van der Waals surface area contributed by atoms with Crippen LogP contribution in [0.25, 0.3) is 0 Å². The molecule has 0 aliphatic carbocycles. The Labute approximate surface area is 120 Å². The van der Waals surface area contributed by atoms with E-state index in [4.69, 9.17) is 0 Å². The molecule has 1 unspecified atom stereocenters. The molecule has 0 amide bonds. The fourth-order valence-electron chi connectivity index (χ4n) is 2.18. The molecule has 0 saturated heterocycles. The number of hydrogen-bond acceptors (Lipinski definition) is 4.